The van der Waals surface area contributed by atoms with Gasteiger partial charge >= 0.3 is 6.09 Å². The molecular weight excluding hydrogens is 266 g/mol. The van der Waals surface area contributed by atoms with Crippen molar-refractivity contribution < 1.29 is 9.53 Å². The summed E-state index contributed by atoms with van der Waals surface area (Å²) in [7, 11) is 0. The van der Waals surface area contributed by atoms with Crippen LogP contribution in [0.15, 0.2) is 36.4 Å². The minimum absolute atomic E-state index is 0.173. The minimum Gasteiger partial charge on any atom is -0.448 e. The summed E-state index contributed by atoms with van der Waals surface area (Å²) in [6.45, 7) is 2.99. The highest BCUT2D eigenvalue weighted by molar-refractivity contribution is 5.80. The molecule has 1 unspecified atom stereocenters. The van der Waals surface area contributed by atoms with E-state index in [9.17, 15) is 4.79 Å². The Labute approximate surface area is 123 Å². The molecule has 1 amide bonds. The maximum Gasteiger partial charge on any atom is 0.410 e. The summed E-state index contributed by atoms with van der Waals surface area (Å²) in [5.41, 5.74) is 1.01. The van der Waals surface area contributed by atoms with Crippen molar-refractivity contribution in [3.8, 4) is 0 Å². The first-order chi connectivity index (χ1) is 10.3. The first-order valence-corrected chi connectivity index (χ1v) is 7.35. The average molecular weight is 283 g/mol. The lowest BCUT2D eigenvalue weighted by atomic mass is 10.2. The molecule has 0 spiro atoms. The van der Waals surface area contributed by atoms with Crippen molar-refractivity contribution >= 4 is 22.8 Å². The van der Waals surface area contributed by atoms with Crippen LogP contribution in [0.2, 0.25) is 0 Å². The molecule has 2 aromatic rings. The average Bonchev–Trinajstić information content (AvgIpc) is 3.15. The van der Waals surface area contributed by atoms with Crippen LogP contribution in [-0.4, -0.2) is 48.3 Å². The van der Waals surface area contributed by atoms with Crippen molar-refractivity contribution in [1.29, 1.82) is 0 Å². The molecule has 0 radical (unpaired) electrons. The molecule has 0 bridgehead atoms. The van der Waals surface area contributed by atoms with Gasteiger partial charge in [-0.1, -0.05) is 18.2 Å². The third-order valence-corrected chi connectivity index (χ3v) is 4.30. The molecule has 1 aromatic heterocycles. The molecular formula is C16H17N3O2. The Morgan fingerprint density at radius 3 is 2.90 bits per heavy atom. The van der Waals surface area contributed by atoms with Gasteiger partial charge in [0.05, 0.1) is 18.1 Å². The third kappa shape index (κ3) is 2.18. The number of aromatic nitrogens is 1. The molecule has 1 aromatic carbocycles. The van der Waals surface area contributed by atoms with Crippen molar-refractivity contribution in [3.05, 3.63) is 36.4 Å². The second kappa shape index (κ2) is 4.91. The molecule has 5 heteroatoms. The lowest BCUT2D eigenvalue weighted by Gasteiger charge is -2.22. The van der Waals surface area contributed by atoms with Crippen molar-refractivity contribution in [2.24, 2.45) is 0 Å². The largest absolute Gasteiger partial charge is 0.448 e. The van der Waals surface area contributed by atoms with E-state index in [-0.39, 0.29) is 12.1 Å². The van der Waals surface area contributed by atoms with Crippen LogP contribution in [0.5, 0.6) is 0 Å². The second-order valence-corrected chi connectivity index (χ2v) is 5.56. The smallest absolute Gasteiger partial charge is 0.410 e. The fraction of sp³-hybridized carbons (Fsp3) is 0.375. The minimum atomic E-state index is -0.173. The summed E-state index contributed by atoms with van der Waals surface area (Å²) in [5, 5.41) is 1.15. The van der Waals surface area contributed by atoms with E-state index in [2.05, 4.69) is 23.1 Å². The van der Waals surface area contributed by atoms with Crippen LogP contribution in [0.1, 0.15) is 6.42 Å². The van der Waals surface area contributed by atoms with Gasteiger partial charge in [-0.3, -0.25) is 4.90 Å². The van der Waals surface area contributed by atoms with Gasteiger partial charge in [0, 0.05) is 18.5 Å². The molecule has 0 N–H and O–H groups in total. The Bertz CT molecular complexity index is 688. The number of hydrogen-bond donors (Lipinski definition) is 0. The third-order valence-electron chi connectivity index (χ3n) is 4.30. The molecule has 4 rings (SSSR count). The normalized spacial score (nSPS) is 22.1. The van der Waals surface area contributed by atoms with E-state index in [1.807, 2.05) is 23.1 Å². The van der Waals surface area contributed by atoms with Gasteiger partial charge in [-0.2, -0.15) is 0 Å². The number of anilines is 1. The number of rotatable bonds is 2. The molecule has 21 heavy (non-hydrogen) atoms. The van der Waals surface area contributed by atoms with Gasteiger partial charge in [-0.25, -0.2) is 9.78 Å². The first-order valence-electron chi connectivity index (χ1n) is 7.35. The second-order valence-electron chi connectivity index (χ2n) is 5.56. The number of nitrogens with zero attached hydrogens (tertiary/aromatic N) is 3. The maximum atomic E-state index is 11.6. The number of benzene rings is 1. The van der Waals surface area contributed by atoms with Crippen molar-refractivity contribution in [1.82, 2.24) is 9.88 Å². The Kier molecular flexibility index (Phi) is 2.91. The molecule has 2 aliphatic rings. The molecule has 3 heterocycles. The molecule has 1 atom stereocenters. The van der Waals surface area contributed by atoms with Crippen molar-refractivity contribution in [2.75, 3.05) is 31.1 Å². The van der Waals surface area contributed by atoms with Crippen LogP contribution in [0.3, 0.4) is 0 Å². The molecule has 5 nitrogen and oxygen atoms in total. The lowest BCUT2D eigenvalue weighted by Crippen LogP contribution is -2.38. The monoisotopic (exact) mass is 283 g/mol. The highest BCUT2D eigenvalue weighted by Crippen LogP contribution is 2.25. The van der Waals surface area contributed by atoms with Gasteiger partial charge in [0.15, 0.2) is 0 Å². The maximum absolute atomic E-state index is 11.6. The summed E-state index contributed by atoms with van der Waals surface area (Å²) in [4.78, 5) is 20.5. The van der Waals surface area contributed by atoms with Crippen molar-refractivity contribution in [3.63, 3.8) is 0 Å². The predicted molar refractivity (Wildman–Crippen MR) is 80.4 cm³/mol. The number of carbonyl (C=O) groups is 1. The van der Waals surface area contributed by atoms with Crippen LogP contribution in [0.4, 0.5) is 10.6 Å². The van der Waals surface area contributed by atoms with E-state index in [1.54, 1.807) is 0 Å². The van der Waals surface area contributed by atoms with E-state index in [1.165, 1.54) is 0 Å². The Morgan fingerprint density at radius 2 is 2.05 bits per heavy atom. The van der Waals surface area contributed by atoms with Crippen LogP contribution >= 0.6 is 0 Å². The summed E-state index contributed by atoms with van der Waals surface area (Å²) in [6.07, 6.45) is 0.803. The molecule has 2 aliphatic heterocycles. The summed E-state index contributed by atoms with van der Waals surface area (Å²) >= 11 is 0. The zero-order valence-electron chi connectivity index (χ0n) is 11.7. The van der Waals surface area contributed by atoms with Gasteiger partial charge in [0.25, 0.3) is 0 Å². The van der Waals surface area contributed by atoms with E-state index < -0.39 is 0 Å². The summed E-state index contributed by atoms with van der Waals surface area (Å²) in [5.74, 6) is 0.990. The Balaban J connectivity index is 1.55. The molecule has 2 fully saturated rings. The highest BCUT2D eigenvalue weighted by atomic mass is 16.6. The van der Waals surface area contributed by atoms with Crippen LogP contribution in [0, 0.1) is 0 Å². The summed E-state index contributed by atoms with van der Waals surface area (Å²) in [6, 6.07) is 12.5. The Morgan fingerprint density at radius 1 is 1.14 bits per heavy atom. The van der Waals surface area contributed by atoms with Gasteiger partial charge in [0.1, 0.15) is 12.4 Å². The zero-order valence-corrected chi connectivity index (χ0v) is 11.7. The lowest BCUT2D eigenvalue weighted by molar-refractivity contribution is 0.150. The number of carbonyl (C=O) groups excluding carboxylic acids is 1. The van der Waals surface area contributed by atoms with Crippen molar-refractivity contribution in [2.45, 2.75) is 12.5 Å². The van der Waals surface area contributed by atoms with E-state index in [0.29, 0.717) is 13.2 Å². The number of pyridine rings is 1. The predicted octanol–water partition coefficient (Wildman–Crippen LogP) is 2.27. The van der Waals surface area contributed by atoms with E-state index >= 15 is 0 Å². The SMILES string of the molecule is O=C1OCCN1C1CCN(c2ccc3ccccc3n2)C1. The van der Waals surface area contributed by atoms with Crippen LogP contribution < -0.4 is 4.90 Å². The quantitative estimate of drug-likeness (QED) is 0.848. The number of ether oxygens (including phenoxy) is 1. The van der Waals surface area contributed by atoms with E-state index in [0.717, 1.165) is 36.2 Å². The van der Waals surface area contributed by atoms with Crippen LogP contribution in [-0.2, 0) is 4.74 Å². The zero-order chi connectivity index (χ0) is 14.2. The standard InChI is InChI=1S/C16H17N3O2/c20-16-19(9-10-21-16)13-7-8-18(11-13)15-6-5-12-3-1-2-4-14(12)17-15/h1-6,13H,7-11H2. The fourth-order valence-electron chi connectivity index (χ4n) is 3.17. The van der Waals surface area contributed by atoms with Crippen LogP contribution in [0.25, 0.3) is 10.9 Å². The number of hydrogen-bond acceptors (Lipinski definition) is 4. The number of fused-ring (bicyclic) bond motifs is 1. The Hall–Kier alpha value is -2.30. The summed E-state index contributed by atoms with van der Waals surface area (Å²) < 4.78 is 5.03. The van der Waals surface area contributed by atoms with Gasteiger partial charge in [-0.15, -0.1) is 0 Å². The van der Waals surface area contributed by atoms with Gasteiger partial charge < -0.3 is 9.64 Å². The number of para-hydroxylation sites is 1. The first kappa shape index (κ1) is 12.4. The molecule has 2 saturated heterocycles. The number of cyclic esters (lactones) is 1. The van der Waals surface area contributed by atoms with Gasteiger partial charge in [-0.05, 0) is 24.6 Å². The fourth-order valence-corrected chi connectivity index (χ4v) is 3.17. The highest BCUT2D eigenvalue weighted by Gasteiger charge is 2.34. The van der Waals surface area contributed by atoms with E-state index in [4.69, 9.17) is 9.72 Å². The number of amides is 1. The molecule has 108 valence electrons. The molecule has 0 saturated carbocycles. The molecule has 0 aliphatic carbocycles. The topological polar surface area (TPSA) is 45.7 Å². The van der Waals surface area contributed by atoms with Gasteiger partial charge in [0.2, 0.25) is 0 Å².